The molecule has 2 atom stereocenters. The normalized spacial score (nSPS) is 16.1. The summed E-state index contributed by atoms with van der Waals surface area (Å²) in [7, 11) is 0. The van der Waals surface area contributed by atoms with Crippen LogP contribution in [0.4, 0.5) is 4.39 Å². The van der Waals surface area contributed by atoms with Crippen LogP contribution in [0.5, 0.6) is 0 Å². The molecule has 0 bridgehead atoms. The van der Waals surface area contributed by atoms with E-state index in [-0.39, 0.29) is 30.4 Å². The van der Waals surface area contributed by atoms with Gasteiger partial charge >= 0.3 is 0 Å². The van der Waals surface area contributed by atoms with Crippen molar-refractivity contribution in [3.8, 4) is 0 Å². The lowest BCUT2D eigenvalue weighted by Crippen LogP contribution is -2.49. The van der Waals surface area contributed by atoms with E-state index >= 15 is 0 Å². The Balaban J connectivity index is 1.66. The molecule has 2 aromatic carbocycles. The van der Waals surface area contributed by atoms with Crippen LogP contribution in [-0.4, -0.2) is 40.7 Å². The number of halogens is 3. The molecule has 2 heterocycles. The van der Waals surface area contributed by atoms with E-state index < -0.39 is 5.82 Å². The summed E-state index contributed by atoms with van der Waals surface area (Å²) in [4.78, 5) is 31.6. The summed E-state index contributed by atoms with van der Waals surface area (Å²) >= 11 is 14.4. The van der Waals surface area contributed by atoms with Crippen molar-refractivity contribution in [3.05, 3.63) is 91.3 Å². The molecular formula is C26H25Cl2FN2O2S. The van der Waals surface area contributed by atoms with E-state index in [1.807, 2.05) is 31.4 Å². The zero-order chi connectivity index (χ0) is 24.4. The maximum atomic E-state index is 13.7. The SMILES string of the molecule is CCC(C)N(CC(=O)N1CCc2sccc2C1c1ccc(Cl)cc1Cl)C(=O)c1ccc(F)cc1. The number of thiophene rings is 1. The van der Waals surface area contributed by atoms with E-state index in [0.29, 0.717) is 28.6 Å². The minimum absolute atomic E-state index is 0.0770. The molecular weight excluding hydrogens is 494 g/mol. The summed E-state index contributed by atoms with van der Waals surface area (Å²) < 4.78 is 13.4. The summed E-state index contributed by atoms with van der Waals surface area (Å²) in [6.07, 6.45) is 1.43. The molecule has 178 valence electrons. The molecule has 8 heteroatoms. The predicted octanol–water partition coefficient (Wildman–Crippen LogP) is 6.61. The number of benzene rings is 2. The molecule has 0 fully saturated rings. The standard InChI is InChI=1S/C26H25Cl2FN2O2S/c1-3-16(2)31(26(33)17-4-7-19(29)8-5-17)15-24(32)30-12-10-23-21(11-13-34-23)25(30)20-9-6-18(27)14-22(20)28/h4-9,11,13-14,16,25H,3,10,12,15H2,1-2H3. The lowest BCUT2D eigenvalue weighted by molar-refractivity contribution is -0.134. The number of carbonyl (C=O) groups is 2. The molecule has 34 heavy (non-hydrogen) atoms. The predicted molar refractivity (Wildman–Crippen MR) is 135 cm³/mol. The fourth-order valence-electron chi connectivity index (χ4n) is 4.29. The summed E-state index contributed by atoms with van der Waals surface area (Å²) in [5.41, 5.74) is 2.21. The van der Waals surface area contributed by atoms with Crippen LogP contribution in [0.15, 0.2) is 53.9 Å². The largest absolute Gasteiger partial charge is 0.330 e. The van der Waals surface area contributed by atoms with Crippen LogP contribution in [0.1, 0.15) is 52.7 Å². The van der Waals surface area contributed by atoms with Gasteiger partial charge in [-0.15, -0.1) is 11.3 Å². The lowest BCUT2D eigenvalue weighted by atomic mass is 9.93. The second-order valence-corrected chi connectivity index (χ2v) is 10.2. The number of rotatable bonds is 6. The summed E-state index contributed by atoms with van der Waals surface area (Å²) in [5, 5.41) is 3.05. The van der Waals surface area contributed by atoms with Crippen LogP contribution in [-0.2, 0) is 11.2 Å². The third kappa shape index (κ3) is 4.99. The fourth-order valence-corrected chi connectivity index (χ4v) is 5.70. The average molecular weight is 519 g/mol. The Hall–Kier alpha value is -2.41. The van der Waals surface area contributed by atoms with Crippen molar-refractivity contribution in [2.45, 2.75) is 38.8 Å². The highest BCUT2D eigenvalue weighted by Gasteiger charge is 2.35. The van der Waals surface area contributed by atoms with Gasteiger partial charge in [0, 0.05) is 33.1 Å². The maximum absolute atomic E-state index is 13.7. The molecule has 1 aliphatic heterocycles. The first-order chi connectivity index (χ1) is 16.3. The fraction of sp³-hybridized carbons (Fsp3) is 0.308. The Morgan fingerprint density at radius 3 is 2.56 bits per heavy atom. The van der Waals surface area contributed by atoms with Gasteiger partial charge in [0.15, 0.2) is 0 Å². The van der Waals surface area contributed by atoms with Crippen molar-refractivity contribution in [3.63, 3.8) is 0 Å². The first-order valence-corrected chi connectivity index (χ1v) is 12.8. The highest BCUT2D eigenvalue weighted by atomic mass is 35.5. The number of nitrogens with zero attached hydrogens (tertiary/aromatic N) is 2. The van der Waals surface area contributed by atoms with E-state index in [2.05, 4.69) is 0 Å². The molecule has 1 aromatic heterocycles. The van der Waals surface area contributed by atoms with Crippen molar-refractivity contribution >= 4 is 46.4 Å². The van der Waals surface area contributed by atoms with Gasteiger partial charge in [0.05, 0.1) is 6.04 Å². The van der Waals surface area contributed by atoms with Gasteiger partial charge < -0.3 is 9.80 Å². The van der Waals surface area contributed by atoms with Gasteiger partial charge in [0.1, 0.15) is 12.4 Å². The Morgan fingerprint density at radius 2 is 1.88 bits per heavy atom. The number of hydrogen-bond acceptors (Lipinski definition) is 3. The second-order valence-electron chi connectivity index (χ2n) is 8.40. The number of hydrogen-bond donors (Lipinski definition) is 0. The van der Waals surface area contributed by atoms with Crippen molar-refractivity contribution < 1.29 is 14.0 Å². The van der Waals surface area contributed by atoms with Gasteiger partial charge in [-0.25, -0.2) is 4.39 Å². The Kier molecular flexibility index (Phi) is 7.60. The molecule has 0 N–H and O–H groups in total. The van der Waals surface area contributed by atoms with E-state index in [4.69, 9.17) is 23.2 Å². The molecule has 0 saturated heterocycles. The minimum atomic E-state index is -0.412. The van der Waals surface area contributed by atoms with Gasteiger partial charge in [-0.2, -0.15) is 0 Å². The van der Waals surface area contributed by atoms with Crippen molar-refractivity contribution in [1.29, 1.82) is 0 Å². The van der Waals surface area contributed by atoms with Gasteiger partial charge in [-0.3, -0.25) is 9.59 Å². The molecule has 2 amide bonds. The lowest BCUT2D eigenvalue weighted by Gasteiger charge is -2.38. The van der Waals surface area contributed by atoms with Crippen LogP contribution in [0.3, 0.4) is 0 Å². The molecule has 0 radical (unpaired) electrons. The zero-order valence-corrected chi connectivity index (χ0v) is 21.3. The van der Waals surface area contributed by atoms with Gasteiger partial charge in [-0.05, 0) is 78.7 Å². The highest BCUT2D eigenvalue weighted by Crippen LogP contribution is 2.41. The van der Waals surface area contributed by atoms with Gasteiger partial charge in [0.2, 0.25) is 5.91 Å². The molecule has 3 aromatic rings. The summed E-state index contributed by atoms with van der Waals surface area (Å²) in [6, 6.07) is 12.2. The highest BCUT2D eigenvalue weighted by molar-refractivity contribution is 7.10. The van der Waals surface area contributed by atoms with E-state index in [0.717, 1.165) is 17.5 Å². The molecule has 0 spiro atoms. The smallest absolute Gasteiger partial charge is 0.254 e. The summed E-state index contributed by atoms with van der Waals surface area (Å²) in [6.45, 7) is 4.33. The molecule has 4 nitrogen and oxygen atoms in total. The monoisotopic (exact) mass is 518 g/mol. The van der Waals surface area contributed by atoms with E-state index in [1.165, 1.54) is 29.1 Å². The van der Waals surface area contributed by atoms with Crippen LogP contribution in [0.25, 0.3) is 0 Å². The maximum Gasteiger partial charge on any atom is 0.254 e. The quantitative estimate of drug-likeness (QED) is 0.368. The average Bonchev–Trinajstić information content (AvgIpc) is 3.31. The van der Waals surface area contributed by atoms with Crippen molar-refractivity contribution in [2.24, 2.45) is 0 Å². The van der Waals surface area contributed by atoms with Gasteiger partial charge in [-0.1, -0.05) is 36.2 Å². The number of fused-ring (bicyclic) bond motifs is 1. The molecule has 0 saturated carbocycles. The van der Waals surface area contributed by atoms with Crippen LogP contribution < -0.4 is 0 Å². The molecule has 2 unspecified atom stereocenters. The van der Waals surface area contributed by atoms with Crippen LogP contribution in [0, 0.1) is 5.82 Å². The van der Waals surface area contributed by atoms with Crippen molar-refractivity contribution in [1.82, 2.24) is 9.80 Å². The summed E-state index contributed by atoms with van der Waals surface area (Å²) in [5.74, 6) is -0.870. The minimum Gasteiger partial charge on any atom is -0.330 e. The molecule has 4 rings (SSSR count). The second kappa shape index (κ2) is 10.5. The first-order valence-electron chi connectivity index (χ1n) is 11.2. The van der Waals surface area contributed by atoms with Crippen LogP contribution >= 0.6 is 34.5 Å². The third-order valence-corrected chi connectivity index (χ3v) is 7.88. The Labute approximate surface area is 212 Å². The number of carbonyl (C=O) groups excluding carboxylic acids is 2. The topological polar surface area (TPSA) is 40.6 Å². The van der Waals surface area contributed by atoms with Crippen LogP contribution in [0.2, 0.25) is 10.0 Å². The Morgan fingerprint density at radius 1 is 1.15 bits per heavy atom. The van der Waals surface area contributed by atoms with E-state index in [1.54, 1.807) is 33.3 Å². The molecule has 1 aliphatic rings. The third-order valence-electron chi connectivity index (χ3n) is 6.32. The Bertz CT molecular complexity index is 1200. The van der Waals surface area contributed by atoms with E-state index in [9.17, 15) is 14.0 Å². The first kappa shape index (κ1) is 24.7. The van der Waals surface area contributed by atoms with Crippen molar-refractivity contribution in [2.75, 3.05) is 13.1 Å². The zero-order valence-electron chi connectivity index (χ0n) is 18.9. The molecule has 0 aliphatic carbocycles. The van der Waals surface area contributed by atoms with Gasteiger partial charge in [0.25, 0.3) is 5.91 Å². The number of amides is 2.